The molecule has 0 aromatic carbocycles. The molecule has 96 valence electrons. The van der Waals surface area contributed by atoms with E-state index >= 15 is 0 Å². The topological polar surface area (TPSA) is 21.3 Å². The molecule has 1 N–H and O–H groups in total. The molecule has 1 rings (SSSR count). The van der Waals surface area contributed by atoms with Gasteiger partial charge in [0.1, 0.15) is 0 Å². The van der Waals surface area contributed by atoms with Crippen LogP contribution in [0.5, 0.6) is 0 Å². The second-order valence-corrected chi connectivity index (χ2v) is 5.63. The zero-order valence-corrected chi connectivity index (χ0v) is 11.5. The Labute approximate surface area is 101 Å². The van der Waals surface area contributed by atoms with Gasteiger partial charge in [0, 0.05) is 19.2 Å². The van der Waals surface area contributed by atoms with Gasteiger partial charge in [-0.25, -0.2) is 0 Å². The highest BCUT2D eigenvalue weighted by atomic mass is 16.5. The lowest BCUT2D eigenvalue weighted by Gasteiger charge is -2.21. The van der Waals surface area contributed by atoms with Gasteiger partial charge in [-0.1, -0.05) is 34.1 Å². The summed E-state index contributed by atoms with van der Waals surface area (Å²) in [6.07, 6.45) is 4.09. The summed E-state index contributed by atoms with van der Waals surface area (Å²) in [7, 11) is 0. The lowest BCUT2D eigenvalue weighted by molar-refractivity contribution is 0.109. The van der Waals surface area contributed by atoms with E-state index < -0.39 is 0 Å². The van der Waals surface area contributed by atoms with E-state index in [1.165, 1.54) is 19.3 Å². The molecule has 1 aliphatic carbocycles. The third-order valence-corrected chi connectivity index (χ3v) is 3.86. The van der Waals surface area contributed by atoms with Crippen molar-refractivity contribution in [3.05, 3.63) is 0 Å². The predicted molar refractivity (Wildman–Crippen MR) is 69.6 cm³/mol. The van der Waals surface area contributed by atoms with Gasteiger partial charge in [-0.15, -0.1) is 0 Å². The van der Waals surface area contributed by atoms with Crippen molar-refractivity contribution >= 4 is 0 Å². The van der Waals surface area contributed by atoms with Crippen LogP contribution in [0.25, 0.3) is 0 Å². The maximum absolute atomic E-state index is 5.58. The Bertz CT molecular complexity index is 182. The van der Waals surface area contributed by atoms with Gasteiger partial charge in [-0.3, -0.25) is 0 Å². The molecule has 0 saturated heterocycles. The lowest BCUT2D eigenvalue weighted by atomic mass is 9.93. The van der Waals surface area contributed by atoms with Crippen molar-refractivity contribution in [3.8, 4) is 0 Å². The fourth-order valence-electron chi connectivity index (χ4n) is 2.75. The molecule has 0 spiro atoms. The fourth-order valence-corrected chi connectivity index (χ4v) is 2.75. The van der Waals surface area contributed by atoms with Gasteiger partial charge in [0.05, 0.1) is 6.61 Å². The van der Waals surface area contributed by atoms with Crippen molar-refractivity contribution in [2.75, 3.05) is 19.8 Å². The molecule has 2 heteroatoms. The molecule has 2 nitrogen and oxygen atoms in total. The van der Waals surface area contributed by atoms with E-state index in [1.54, 1.807) is 0 Å². The highest BCUT2D eigenvalue weighted by molar-refractivity contribution is 4.86. The highest BCUT2D eigenvalue weighted by Crippen LogP contribution is 2.33. The summed E-state index contributed by atoms with van der Waals surface area (Å²) in [6, 6.07) is 0.729. The summed E-state index contributed by atoms with van der Waals surface area (Å²) >= 11 is 0. The minimum Gasteiger partial charge on any atom is -0.380 e. The molecule has 3 unspecified atom stereocenters. The average Bonchev–Trinajstić information content (AvgIpc) is 2.59. The van der Waals surface area contributed by atoms with Gasteiger partial charge in [0.2, 0.25) is 0 Å². The predicted octanol–water partition coefficient (Wildman–Crippen LogP) is 3.07. The zero-order chi connectivity index (χ0) is 12.0. The Kier molecular flexibility index (Phi) is 6.37. The molecule has 1 fully saturated rings. The molecule has 0 aromatic rings. The smallest absolute Gasteiger partial charge is 0.0591 e. The summed E-state index contributed by atoms with van der Waals surface area (Å²) in [5.74, 6) is 2.43. The van der Waals surface area contributed by atoms with Crippen LogP contribution in [0, 0.1) is 17.8 Å². The number of ether oxygens (including phenoxy) is 1. The van der Waals surface area contributed by atoms with E-state index in [9.17, 15) is 0 Å². The first-order valence-corrected chi connectivity index (χ1v) is 6.96. The summed E-state index contributed by atoms with van der Waals surface area (Å²) in [6.45, 7) is 11.9. The van der Waals surface area contributed by atoms with E-state index in [2.05, 4.69) is 33.0 Å². The van der Waals surface area contributed by atoms with Crippen molar-refractivity contribution in [3.63, 3.8) is 0 Å². The van der Waals surface area contributed by atoms with Crippen molar-refractivity contribution < 1.29 is 4.74 Å². The molecule has 1 aliphatic rings. The van der Waals surface area contributed by atoms with Crippen molar-refractivity contribution in [2.24, 2.45) is 17.8 Å². The van der Waals surface area contributed by atoms with Gasteiger partial charge in [-0.2, -0.15) is 0 Å². The molecule has 0 aliphatic heterocycles. The third-order valence-electron chi connectivity index (χ3n) is 3.86. The first-order chi connectivity index (χ1) is 7.65. The first-order valence-electron chi connectivity index (χ1n) is 6.96. The second kappa shape index (κ2) is 7.29. The maximum Gasteiger partial charge on any atom is 0.0591 e. The molecule has 3 atom stereocenters. The van der Waals surface area contributed by atoms with E-state index in [0.717, 1.165) is 37.6 Å². The molecule has 0 bridgehead atoms. The first kappa shape index (κ1) is 14.0. The Morgan fingerprint density at radius 1 is 1.31 bits per heavy atom. The summed E-state index contributed by atoms with van der Waals surface area (Å²) in [5.41, 5.74) is 0. The van der Waals surface area contributed by atoms with Crippen LogP contribution in [0.4, 0.5) is 0 Å². The van der Waals surface area contributed by atoms with Crippen molar-refractivity contribution in [1.82, 2.24) is 5.32 Å². The summed E-state index contributed by atoms with van der Waals surface area (Å²) < 4.78 is 5.58. The molecular weight excluding hydrogens is 198 g/mol. The number of rotatable bonds is 7. The van der Waals surface area contributed by atoms with Crippen LogP contribution in [0.3, 0.4) is 0 Å². The number of hydrogen-bond acceptors (Lipinski definition) is 2. The molecule has 0 heterocycles. The van der Waals surface area contributed by atoms with E-state index in [-0.39, 0.29) is 0 Å². The maximum atomic E-state index is 5.58. The second-order valence-electron chi connectivity index (χ2n) is 5.63. The highest BCUT2D eigenvalue weighted by Gasteiger charge is 2.30. The molecular formula is C14H29NO. The molecule has 16 heavy (non-hydrogen) atoms. The molecule has 0 radical (unpaired) electrons. The zero-order valence-electron chi connectivity index (χ0n) is 11.5. The van der Waals surface area contributed by atoms with Crippen LogP contribution in [0.1, 0.15) is 47.0 Å². The quantitative estimate of drug-likeness (QED) is 0.675. The Hall–Kier alpha value is -0.0800. The SMILES string of the molecule is CCC1CCC(NCCOCC(C)C)C1C. The van der Waals surface area contributed by atoms with E-state index in [1.807, 2.05) is 0 Å². The van der Waals surface area contributed by atoms with Crippen LogP contribution < -0.4 is 5.32 Å². The van der Waals surface area contributed by atoms with Crippen LogP contribution in [-0.2, 0) is 4.74 Å². The molecule has 0 amide bonds. The molecule has 1 saturated carbocycles. The largest absolute Gasteiger partial charge is 0.380 e. The average molecular weight is 227 g/mol. The van der Waals surface area contributed by atoms with Crippen molar-refractivity contribution in [2.45, 2.75) is 53.0 Å². The van der Waals surface area contributed by atoms with Gasteiger partial charge >= 0.3 is 0 Å². The van der Waals surface area contributed by atoms with E-state index in [0.29, 0.717) is 5.92 Å². The Morgan fingerprint density at radius 3 is 2.62 bits per heavy atom. The van der Waals surface area contributed by atoms with Gasteiger partial charge in [0.25, 0.3) is 0 Å². The summed E-state index contributed by atoms with van der Waals surface area (Å²) in [5, 5.41) is 3.64. The van der Waals surface area contributed by atoms with Gasteiger partial charge in [0.15, 0.2) is 0 Å². The monoisotopic (exact) mass is 227 g/mol. The minimum absolute atomic E-state index is 0.648. The Balaban J connectivity index is 2.05. The summed E-state index contributed by atoms with van der Waals surface area (Å²) in [4.78, 5) is 0. The van der Waals surface area contributed by atoms with E-state index in [4.69, 9.17) is 4.74 Å². The van der Waals surface area contributed by atoms with Crippen LogP contribution >= 0.6 is 0 Å². The lowest BCUT2D eigenvalue weighted by Crippen LogP contribution is -2.35. The van der Waals surface area contributed by atoms with Crippen molar-refractivity contribution in [1.29, 1.82) is 0 Å². The van der Waals surface area contributed by atoms with Crippen LogP contribution in [0.2, 0.25) is 0 Å². The Morgan fingerprint density at radius 2 is 2.06 bits per heavy atom. The normalized spacial score (nSPS) is 30.2. The van der Waals surface area contributed by atoms with Crippen LogP contribution in [-0.4, -0.2) is 25.8 Å². The number of nitrogens with one attached hydrogen (secondary N) is 1. The third kappa shape index (κ3) is 4.42. The van der Waals surface area contributed by atoms with Crippen LogP contribution in [0.15, 0.2) is 0 Å². The van der Waals surface area contributed by atoms with Gasteiger partial charge < -0.3 is 10.1 Å². The number of hydrogen-bond donors (Lipinski definition) is 1. The fraction of sp³-hybridized carbons (Fsp3) is 1.00. The minimum atomic E-state index is 0.648. The van der Waals surface area contributed by atoms with Gasteiger partial charge in [-0.05, 0) is 30.6 Å². The standard InChI is InChI=1S/C14H29NO/c1-5-13-6-7-14(12(13)4)15-8-9-16-10-11(2)3/h11-15H,5-10H2,1-4H3. The molecule has 0 aromatic heterocycles.